The van der Waals surface area contributed by atoms with Gasteiger partial charge in [-0.25, -0.2) is 9.97 Å². The van der Waals surface area contributed by atoms with Gasteiger partial charge in [0.1, 0.15) is 24.7 Å². The zero-order valence-corrected chi connectivity index (χ0v) is 19.3. The molecule has 2 aliphatic heterocycles. The number of hydrogen-bond donors (Lipinski definition) is 2. The van der Waals surface area contributed by atoms with E-state index in [4.69, 9.17) is 19.2 Å². The maximum atomic E-state index is 6.23. The van der Waals surface area contributed by atoms with Crippen molar-refractivity contribution >= 4 is 11.6 Å². The molecule has 176 valence electrons. The fraction of sp³-hybridized carbons (Fsp3) is 0.407. The van der Waals surface area contributed by atoms with Crippen LogP contribution in [0.15, 0.2) is 42.6 Å². The normalized spacial score (nSPS) is 18.4. The molecule has 34 heavy (non-hydrogen) atoms. The molecule has 0 saturated carbocycles. The molecule has 0 radical (unpaired) electrons. The third kappa shape index (κ3) is 4.45. The van der Waals surface area contributed by atoms with Crippen molar-refractivity contribution in [1.29, 1.82) is 0 Å². The van der Waals surface area contributed by atoms with E-state index in [1.807, 2.05) is 12.3 Å². The Morgan fingerprint density at radius 1 is 0.853 bits per heavy atom. The number of ether oxygens (including phenoxy) is 3. The summed E-state index contributed by atoms with van der Waals surface area (Å²) in [4.78, 5) is 9.53. The highest BCUT2D eigenvalue weighted by Gasteiger charge is 2.22. The summed E-state index contributed by atoms with van der Waals surface area (Å²) in [5.74, 6) is 2.83. The van der Waals surface area contributed by atoms with Crippen LogP contribution in [0.3, 0.4) is 0 Å². The lowest BCUT2D eigenvalue weighted by Crippen LogP contribution is -2.27. The zero-order valence-electron chi connectivity index (χ0n) is 19.3. The number of aromatic nitrogens is 2. The summed E-state index contributed by atoms with van der Waals surface area (Å²) in [6.45, 7) is 4.11. The average Bonchev–Trinajstić information content (AvgIpc) is 2.88. The summed E-state index contributed by atoms with van der Waals surface area (Å²) < 4.78 is 18.0. The molecule has 0 unspecified atom stereocenters. The molecule has 0 atom stereocenters. The topological polar surface area (TPSA) is 77.5 Å². The predicted molar refractivity (Wildman–Crippen MR) is 131 cm³/mol. The molecule has 2 aromatic carbocycles. The van der Waals surface area contributed by atoms with E-state index in [1.165, 1.54) is 16.7 Å². The van der Waals surface area contributed by atoms with Crippen LogP contribution < -0.4 is 20.1 Å². The Bertz CT molecular complexity index is 1180. The van der Waals surface area contributed by atoms with Gasteiger partial charge in [0.15, 0.2) is 0 Å². The highest BCUT2D eigenvalue weighted by Crippen LogP contribution is 2.37. The fourth-order valence-electron chi connectivity index (χ4n) is 5.10. The number of benzene rings is 2. The molecular weight excluding hydrogens is 428 g/mol. The Kier molecular flexibility index (Phi) is 6.04. The van der Waals surface area contributed by atoms with Crippen LogP contribution in [0, 0.1) is 0 Å². The lowest BCUT2D eigenvalue weighted by atomic mass is 9.89. The molecule has 1 aliphatic carbocycles. The van der Waals surface area contributed by atoms with Gasteiger partial charge in [-0.1, -0.05) is 12.1 Å². The van der Waals surface area contributed by atoms with E-state index in [2.05, 4.69) is 45.9 Å². The molecule has 7 nitrogen and oxygen atoms in total. The Morgan fingerprint density at radius 3 is 2.62 bits per heavy atom. The van der Waals surface area contributed by atoms with Gasteiger partial charge in [0.2, 0.25) is 5.95 Å². The van der Waals surface area contributed by atoms with Crippen molar-refractivity contribution in [1.82, 2.24) is 15.3 Å². The minimum absolute atomic E-state index is 0.496. The average molecular weight is 459 g/mol. The third-order valence-electron chi connectivity index (χ3n) is 6.89. The first kappa shape index (κ1) is 21.4. The zero-order chi connectivity index (χ0) is 22.7. The number of nitrogens with zero attached hydrogens (tertiary/aromatic N) is 2. The second-order valence-corrected chi connectivity index (χ2v) is 9.10. The maximum Gasteiger partial charge on any atom is 0.227 e. The second kappa shape index (κ2) is 9.60. The number of hydrogen-bond acceptors (Lipinski definition) is 7. The van der Waals surface area contributed by atoms with Crippen LogP contribution in [-0.4, -0.2) is 49.5 Å². The SMILES string of the molecule is c1cc(C2CCNCC2)c2cc1Nc1ncc3c(n1)-c1cc(ccc1CC3)OCCOCCO2. The van der Waals surface area contributed by atoms with Gasteiger partial charge in [-0.05, 0) is 79.6 Å². The van der Waals surface area contributed by atoms with Crippen LogP contribution >= 0.6 is 0 Å². The molecule has 7 heteroatoms. The van der Waals surface area contributed by atoms with Crippen molar-refractivity contribution in [2.75, 3.05) is 44.8 Å². The minimum atomic E-state index is 0.496. The molecule has 1 saturated heterocycles. The van der Waals surface area contributed by atoms with Gasteiger partial charge in [-0.15, -0.1) is 0 Å². The Morgan fingerprint density at radius 2 is 1.71 bits per heavy atom. The smallest absolute Gasteiger partial charge is 0.227 e. The van der Waals surface area contributed by atoms with E-state index in [1.54, 1.807) is 0 Å². The molecule has 1 aromatic heterocycles. The van der Waals surface area contributed by atoms with Gasteiger partial charge >= 0.3 is 0 Å². The molecule has 3 aliphatic rings. The summed E-state index contributed by atoms with van der Waals surface area (Å²) in [5, 5.41) is 6.86. The Balaban J connectivity index is 1.36. The first-order valence-corrected chi connectivity index (χ1v) is 12.3. The molecule has 2 N–H and O–H groups in total. The molecule has 0 spiro atoms. The van der Waals surface area contributed by atoms with Crippen molar-refractivity contribution in [2.24, 2.45) is 0 Å². The molecule has 3 aromatic rings. The van der Waals surface area contributed by atoms with E-state index in [9.17, 15) is 0 Å². The highest BCUT2D eigenvalue weighted by atomic mass is 16.5. The summed E-state index contributed by atoms with van der Waals surface area (Å²) in [5.41, 5.74) is 6.75. The molecule has 1 fully saturated rings. The highest BCUT2D eigenvalue weighted by molar-refractivity contribution is 5.72. The standard InChI is InChI=1S/C27H30N4O3/c1-2-20-17-29-27-30-21-4-6-23(19-7-9-28-10-8-19)25(15-21)34-14-12-32-11-13-33-22-5-3-18(1)24(16-22)26(20)31-27/h3-6,15-17,19,28H,1-2,7-14H2,(H,29,30,31). The van der Waals surface area contributed by atoms with Crippen molar-refractivity contribution in [2.45, 2.75) is 31.6 Å². The summed E-state index contributed by atoms with van der Waals surface area (Å²) in [7, 11) is 0. The number of rotatable bonds is 1. The van der Waals surface area contributed by atoms with E-state index >= 15 is 0 Å². The number of nitrogens with one attached hydrogen (secondary N) is 2. The maximum absolute atomic E-state index is 6.23. The lowest BCUT2D eigenvalue weighted by Gasteiger charge is -2.25. The van der Waals surface area contributed by atoms with Gasteiger partial charge in [0, 0.05) is 23.5 Å². The molecule has 6 bridgehead atoms. The van der Waals surface area contributed by atoms with Crippen LogP contribution in [0.5, 0.6) is 11.5 Å². The van der Waals surface area contributed by atoms with Crippen molar-refractivity contribution in [3.05, 3.63) is 59.3 Å². The Labute approximate surface area is 199 Å². The third-order valence-corrected chi connectivity index (χ3v) is 6.89. The van der Waals surface area contributed by atoms with E-state index in [-0.39, 0.29) is 0 Å². The molecule has 6 rings (SSSR count). The summed E-state index contributed by atoms with van der Waals surface area (Å²) >= 11 is 0. The van der Waals surface area contributed by atoms with Crippen LogP contribution in [0.2, 0.25) is 0 Å². The quantitative estimate of drug-likeness (QED) is 0.565. The van der Waals surface area contributed by atoms with Gasteiger partial charge in [0.25, 0.3) is 0 Å². The first-order valence-electron chi connectivity index (χ1n) is 12.3. The second-order valence-electron chi connectivity index (χ2n) is 9.10. The van der Waals surface area contributed by atoms with Gasteiger partial charge in [-0.2, -0.15) is 0 Å². The lowest BCUT2D eigenvalue weighted by molar-refractivity contribution is 0.0761. The van der Waals surface area contributed by atoms with Crippen LogP contribution in [0.4, 0.5) is 11.6 Å². The van der Waals surface area contributed by atoms with Crippen LogP contribution in [0.25, 0.3) is 11.3 Å². The minimum Gasteiger partial charge on any atom is -0.491 e. The van der Waals surface area contributed by atoms with Crippen molar-refractivity contribution in [3.8, 4) is 22.8 Å². The number of piperidine rings is 1. The van der Waals surface area contributed by atoms with Gasteiger partial charge < -0.3 is 24.8 Å². The van der Waals surface area contributed by atoms with E-state index in [0.29, 0.717) is 38.3 Å². The van der Waals surface area contributed by atoms with Crippen LogP contribution in [0.1, 0.15) is 35.4 Å². The fourth-order valence-corrected chi connectivity index (χ4v) is 5.10. The summed E-state index contributed by atoms with van der Waals surface area (Å²) in [6.07, 6.45) is 6.11. The summed E-state index contributed by atoms with van der Waals surface area (Å²) in [6, 6.07) is 12.7. The van der Waals surface area contributed by atoms with Crippen LogP contribution in [-0.2, 0) is 17.6 Å². The largest absolute Gasteiger partial charge is 0.491 e. The van der Waals surface area contributed by atoms with Gasteiger partial charge in [0.05, 0.1) is 18.9 Å². The predicted octanol–water partition coefficient (Wildman–Crippen LogP) is 4.24. The number of fused-ring (bicyclic) bond motifs is 4. The van der Waals surface area contributed by atoms with Crippen molar-refractivity contribution < 1.29 is 14.2 Å². The number of aryl methyl sites for hydroxylation is 2. The number of anilines is 2. The van der Waals surface area contributed by atoms with E-state index < -0.39 is 0 Å². The Hall–Kier alpha value is -3.16. The molecular formula is C27H30N4O3. The van der Waals surface area contributed by atoms with Gasteiger partial charge in [-0.3, -0.25) is 0 Å². The molecule has 0 amide bonds. The first-order chi connectivity index (χ1) is 16.8. The van der Waals surface area contributed by atoms with Crippen molar-refractivity contribution in [3.63, 3.8) is 0 Å². The monoisotopic (exact) mass is 458 g/mol. The van der Waals surface area contributed by atoms with E-state index in [0.717, 1.165) is 67.2 Å². The molecule has 3 heterocycles.